The van der Waals surface area contributed by atoms with Crippen molar-refractivity contribution in [2.45, 2.75) is 12.8 Å². The Morgan fingerprint density at radius 3 is 2.67 bits per heavy atom. The Morgan fingerprint density at radius 2 is 1.89 bits per heavy atom. The fourth-order valence-corrected chi connectivity index (χ4v) is 1.99. The molecule has 1 aromatic heterocycles. The van der Waals surface area contributed by atoms with E-state index in [1.165, 1.54) is 12.1 Å². The normalized spacial score (nSPS) is 12.8. The molecule has 0 radical (unpaired) electrons. The van der Waals surface area contributed by atoms with Gasteiger partial charge in [0.1, 0.15) is 11.3 Å². The van der Waals surface area contributed by atoms with E-state index in [4.69, 9.17) is 4.42 Å². The molecule has 0 aliphatic carbocycles. The zero-order valence-corrected chi connectivity index (χ0v) is 9.93. The van der Waals surface area contributed by atoms with Crippen LogP contribution in [0.2, 0.25) is 0 Å². The number of fused-ring (bicyclic) bond motifs is 1. The Hall–Kier alpha value is -2.16. The minimum absolute atomic E-state index is 0.0571. The van der Waals surface area contributed by atoms with Crippen LogP contribution >= 0.6 is 0 Å². The molecule has 0 N–H and O–H groups in total. The van der Waals surface area contributed by atoms with Crippen molar-refractivity contribution in [3.05, 3.63) is 65.8 Å². The fourth-order valence-electron chi connectivity index (χ4n) is 1.99. The van der Waals surface area contributed by atoms with E-state index in [1.807, 2.05) is 37.3 Å². The third kappa shape index (κ3) is 1.88. The van der Waals surface area contributed by atoms with Crippen molar-refractivity contribution in [1.82, 2.24) is 4.98 Å². The standard InChI is InChI=1S/C15H12FNO/c1-10(11-5-3-2-4-6-11)15-17-13-9-12(16)7-8-14(13)18-15/h2-10H,1H3/t10-/m0/s1. The molecule has 1 heterocycles. The van der Waals surface area contributed by atoms with E-state index < -0.39 is 0 Å². The molecule has 0 amide bonds. The van der Waals surface area contributed by atoms with Crippen LogP contribution in [0.4, 0.5) is 4.39 Å². The number of aromatic nitrogens is 1. The molecule has 0 bridgehead atoms. The van der Waals surface area contributed by atoms with Crippen molar-refractivity contribution < 1.29 is 8.81 Å². The van der Waals surface area contributed by atoms with E-state index in [0.29, 0.717) is 17.0 Å². The van der Waals surface area contributed by atoms with Gasteiger partial charge in [-0.25, -0.2) is 9.37 Å². The van der Waals surface area contributed by atoms with Gasteiger partial charge in [-0.1, -0.05) is 30.3 Å². The van der Waals surface area contributed by atoms with E-state index in [-0.39, 0.29) is 11.7 Å². The largest absolute Gasteiger partial charge is 0.440 e. The highest BCUT2D eigenvalue weighted by atomic mass is 19.1. The second kappa shape index (κ2) is 4.26. The average molecular weight is 241 g/mol. The molecule has 0 unspecified atom stereocenters. The Kier molecular flexibility index (Phi) is 2.59. The summed E-state index contributed by atoms with van der Waals surface area (Å²) in [7, 11) is 0. The molecule has 0 saturated carbocycles. The maximum atomic E-state index is 13.1. The Labute approximate surface area is 104 Å². The molecule has 3 heteroatoms. The van der Waals surface area contributed by atoms with Crippen LogP contribution in [0.3, 0.4) is 0 Å². The Bertz CT molecular complexity index is 675. The summed E-state index contributed by atoms with van der Waals surface area (Å²) in [5, 5.41) is 0. The summed E-state index contributed by atoms with van der Waals surface area (Å²) in [5.41, 5.74) is 2.31. The smallest absolute Gasteiger partial charge is 0.202 e. The van der Waals surface area contributed by atoms with Crippen LogP contribution in [-0.4, -0.2) is 4.98 Å². The summed E-state index contributed by atoms with van der Waals surface area (Å²) in [4.78, 5) is 4.34. The van der Waals surface area contributed by atoms with Gasteiger partial charge >= 0.3 is 0 Å². The fraction of sp³-hybridized carbons (Fsp3) is 0.133. The molecule has 2 aromatic carbocycles. The van der Waals surface area contributed by atoms with Crippen LogP contribution in [0.15, 0.2) is 52.9 Å². The van der Waals surface area contributed by atoms with E-state index in [1.54, 1.807) is 6.07 Å². The van der Waals surface area contributed by atoms with Crippen molar-refractivity contribution >= 4 is 11.1 Å². The minimum Gasteiger partial charge on any atom is -0.440 e. The number of halogens is 1. The molecule has 0 fully saturated rings. The predicted octanol–water partition coefficient (Wildman–Crippen LogP) is 4.12. The van der Waals surface area contributed by atoms with Crippen molar-refractivity contribution in [3.8, 4) is 0 Å². The second-order valence-corrected chi connectivity index (χ2v) is 4.30. The molecule has 3 rings (SSSR count). The van der Waals surface area contributed by atoms with Gasteiger partial charge in [-0.15, -0.1) is 0 Å². The molecule has 0 saturated heterocycles. The number of hydrogen-bond acceptors (Lipinski definition) is 2. The zero-order valence-electron chi connectivity index (χ0n) is 9.93. The summed E-state index contributed by atoms with van der Waals surface area (Å²) in [6.45, 7) is 2.02. The van der Waals surface area contributed by atoms with Crippen LogP contribution in [0.25, 0.3) is 11.1 Å². The van der Waals surface area contributed by atoms with Gasteiger partial charge in [0.05, 0.1) is 5.92 Å². The first kappa shape index (κ1) is 11.0. The van der Waals surface area contributed by atoms with Crippen molar-refractivity contribution in [3.63, 3.8) is 0 Å². The van der Waals surface area contributed by atoms with E-state index in [0.717, 1.165) is 5.56 Å². The van der Waals surface area contributed by atoms with E-state index in [9.17, 15) is 4.39 Å². The summed E-state index contributed by atoms with van der Waals surface area (Å²) in [6, 6.07) is 14.4. The van der Waals surface area contributed by atoms with Crippen molar-refractivity contribution in [2.75, 3.05) is 0 Å². The molecule has 0 spiro atoms. The van der Waals surface area contributed by atoms with Crippen LogP contribution in [0.1, 0.15) is 24.3 Å². The van der Waals surface area contributed by atoms with E-state index >= 15 is 0 Å². The number of rotatable bonds is 2. The van der Waals surface area contributed by atoms with Gasteiger partial charge in [0.2, 0.25) is 5.89 Å². The first-order chi connectivity index (χ1) is 8.74. The van der Waals surface area contributed by atoms with E-state index in [2.05, 4.69) is 4.98 Å². The average Bonchev–Trinajstić information content (AvgIpc) is 2.81. The minimum atomic E-state index is -0.297. The molecule has 2 nitrogen and oxygen atoms in total. The lowest BCUT2D eigenvalue weighted by molar-refractivity contribution is 0.512. The summed E-state index contributed by atoms with van der Waals surface area (Å²) >= 11 is 0. The summed E-state index contributed by atoms with van der Waals surface area (Å²) in [6.07, 6.45) is 0. The molecule has 0 aliphatic heterocycles. The lowest BCUT2D eigenvalue weighted by Gasteiger charge is -2.06. The van der Waals surface area contributed by atoms with Gasteiger partial charge in [0, 0.05) is 6.07 Å². The van der Waals surface area contributed by atoms with Gasteiger partial charge in [0.15, 0.2) is 5.58 Å². The molecule has 0 aliphatic rings. The third-order valence-corrected chi connectivity index (χ3v) is 3.04. The number of oxazole rings is 1. The monoisotopic (exact) mass is 241 g/mol. The molecular weight excluding hydrogens is 229 g/mol. The van der Waals surface area contributed by atoms with Gasteiger partial charge in [-0.05, 0) is 24.6 Å². The second-order valence-electron chi connectivity index (χ2n) is 4.30. The maximum Gasteiger partial charge on any atom is 0.202 e. The third-order valence-electron chi connectivity index (χ3n) is 3.04. The highest BCUT2D eigenvalue weighted by Crippen LogP contribution is 2.26. The van der Waals surface area contributed by atoms with Crippen molar-refractivity contribution in [2.24, 2.45) is 0 Å². The number of benzene rings is 2. The summed E-state index contributed by atoms with van der Waals surface area (Å²) in [5.74, 6) is 0.373. The Morgan fingerprint density at radius 1 is 1.11 bits per heavy atom. The van der Waals surface area contributed by atoms with Gasteiger partial charge in [0.25, 0.3) is 0 Å². The topological polar surface area (TPSA) is 26.0 Å². The van der Waals surface area contributed by atoms with Gasteiger partial charge in [-0.3, -0.25) is 0 Å². The van der Waals surface area contributed by atoms with Gasteiger partial charge in [-0.2, -0.15) is 0 Å². The summed E-state index contributed by atoms with van der Waals surface area (Å²) < 4.78 is 18.7. The first-order valence-corrected chi connectivity index (χ1v) is 5.85. The quantitative estimate of drug-likeness (QED) is 0.674. The molecule has 18 heavy (non-hydrogen) atoms. The van der Waals surface area contributed by atoms with Crippen LogP contribution in [-0.2, 0) is 0 Å². The number of nitrogens with zero attached hydrogens (tertiary/aromatic N) is 1. The van der Waals surface area contributed by atoms with Crippen LogP contribution < -0.4 is 0 Å². The zero-order chi connectivity index (χ0) is 12.5. The molecule has 3 aromatic rings. The lowest BCUT2D eigenvalue weighted by Crippen LogP contribution is -1.95. The Balaban J connectivity index is 2.04. The molecular formula is C15H12FNO. The maximum absolute atomic E-state index is 13.1. The van der Waals surface area contributed by atoms with Crippen molar-refractivity contribution in [1.29, 1.82) is 0 Å². The first-order valence-electron chi connectivity index (χ1n) is 5.85. The SMILES string of the molecule is C[C@@H](c1ccccc1)c1nc2cc(F)ccc2o1. The van der Waals surface area contributed by atoms with Crippen LogP contribution in [0.5, 0.6) is 0 Å². The number of hydrogen-bond donors (Lipinski definition) is 0. The van der Waals surface area contributed by atoms with Gasteiger partial charge < -0.3 is 4.42 Å². The highest BCUT2D eigenvalue weighted by molar-refractivity contribution is 5.72. The van der Waals surface area contributed by atoms with Crippen LogP contribution in [0, 0.1) is 5.82 Å². The predicted molar refractivity (Wildman–Crippen MR) is 67.9 cm³/mol. The molecule has 1 atom stereocenters. The lowest BCUT2D eigenvalue weighted by atomic mass is 10.0. The molecule has 90 valence electrons. The highest BCUT2D eigenvalue weighted by Gasteiger charge is 2.15.